The zero-order chi connectivity index (χ0) is 15.6. The minimum absolute atomic E-state index is 0.0832. The summed E-state index contributed by atoms with van der Waals surface area (Å²) in [6.07, 6.45) is 0. The minimum Gasteiger partial charge on any atom is -0.494 e. The molecule has 0 aliphatic rings. The number of aryl methyl sites for hydroxylation is 2. The SMILES string of the molecule is CCOc1ccc(C(=O)c2c(C)c(C)cc(C)c2C)cc1. The molecule has 0 heterocycles. The maximum Gasteiger partial charge on any atom is 0.193 e. The highest BCUT2D eigenvalue weighted by atomic mass is 16.5. The molecule has 0 N–H and O–H groups in total. The van der Waals surface area contributed by atoms with Crippen LogP contribution in [-0.2, 0) is 0 Å². The van der Waals surface area contributed by atoms with Crippen molar-refractivity contribution in [1.82, 2.24) is 0 Å². The van der Waals surface area contributed by atoms with Crippen molar-refractivity contribution in [2.45, 2.75) is 34.6 Å². The molecule has 2 aromatic carbocycles. The average Bonchev–Trinajstić information content (AvgIpc) is 2.46. The average molecular weight is 282 g/mol. The van der Waals surface area contributed by atoms with Crippen molar-refractivity contribution >= 4 is 5.78 Å². The number of hydrogen-bond acceptors (Lipinski definition) is 2. The number of rotatable bonds is 4. The molecule has 0 atom stereocenters. The maximum atomic E-state index is 12.8. The number of benzene rings is 2. The van der Waals surface area contributed by atoms with E-state index in [-0.39, 0.29) is 5.78 Å². The van der Waals surface area contributed by atoms with Crippen LogP contribution in [0.1, 0.15) is 45.1 Å². The second kappa shape index (κ2) is 6.13. The molecule has 0 aromatic heterocycles. The normalized spacial score (nSPS) is 10.5. The monoisotopic (exact) mass is 282 g/mol. The molecule has 0 spiro atoms. The van der Waals surface area contributed by atoms with Gasteiger partial charge in [-0.25, -0.2) is 0 Å². The summed E-state index contributed by atoms with van der Waals surface area (Å²) in [5.41, 5.74) is 5.99. The topological polar surface area (TPSA) is 26.3 Å². The van der Waals surface area contributed by atoms with E-state index in [1.54, 1.807) is 0 Å². The van der Waals surface area contributed by atoms with E-state index in [4.69, 9.17) is 4.74 Å². The molecule has 2 heteroatoms. The molecule has 0 saturated heterocycles. The fourth-order valence-corrected chi connectivity index (χ4v) is 2.57. The Labute approximate surface area is 126 Å². The number of carbonyl (C=O) groups excluding carboxylic acids is 1. The lowest BCUT2D eigenvalue weighted by Crippen LogP contribution is -2.09. The lowest BCUT2D eigenvalue weighted by Gasteiger charge is -2.14. The van der Waals surface area contributed by atoms with Crippen LogP contribution in [0.5, 0.6) is 5.75 Å². The second-order valence-electron chi connectivity index (χ2n) is 5.42. The predicted molar refractivity (Wildman–Crippen MR) is 86.4 cm³/mol. The van der Waals surface area contributed by atoms with Crippen LogP contribution in [0.2, 0.25) is 0 Å². The fourth-order valence-electron chi connectivity index (χ4n) is 2.57. The van der Waals surface area contributed by atoms with Crippen molar-refractivity contribution in [3.63, 3.8) is 0 Å². The van der Waals surface area contributed by atoms with Gasteiger partial charge in [0.05, 0.1) is 6.61 Å². The maximum absolute atomic E-state index is 12.8. The Morgan fingerprint density at radius 3 is 1.95 bits per heavy atom. The van der Waals surface area contributed by atoms with Crippen molar-refractivity contribution in [2.24, 2.45) is 0 Å². The summed E-state index contributed by atoms with van der Waals surface area (Å²) in [4.78, 5) is 12.8. The van der Waals surface area contributed by atoms with Crippen LogP contribution >= 0.6 is 0 Å². The van der Waals surface area contributed by atoms with Gasteiger partial charge in [0.25, 0.3) is 0 Å². The van der Waals surface area contributed by atoms with E-state index in [1.165, 1.54) is 0 Å². The summed E-state index contributed by atoms with van der Waals surface area (Å²) in [5, 5.41) is 0. The van der Waals surface area contributed by atoms with E-state index < -0.39 is 0 Å². The third-order valence-electron chi connectivity index (χ3n) is 4.02. The van der Waals surface area contributed by atoms with Gasteiger partial charge in [-0.05, 0) is 81.1 Å². The molecule has 2 aromatic rings. The van der Waals surface area contributed by atoms with Crippen molar-refractivity contribution < 1.29 is 9.53 Å². The van der Waals surface area contributed by atoms with E-state index in [2.05, 4.69) is 19.9 Å². The van der Waals surface area contributed by atoms with Gasteiger partial charge in [0.1, 0.15) is 5.75 Å². The minimum atomic E-state index is 0.0832. The van der Waals surface area contributed by atoms with Gasteiger partial charge >= 0.3 is 0 Å². The molecule has 110 valence electrons. The molecule has 0 amide bonds. The molecule has 21 heavy (non-hydrogen) atoms. The summed E-state index contributed by atoms with van der Waals surface area (Å²) >= 11 is 0. The molecule has 0 aliphatic heterocycles. The van der Waals surface area contributed by atoms with Crippen LogP contribution in [0.25, 0.3) is 0 Å². The first kappa shape index (κ1) is 15.3. The van der Waals surface area contributed by atoms with E-state index in [1.807, 2.05) is 45.0 Å². The molecule has 0 unspecified atom stereocenters. The predicted octanol–water partition coefficient (Wildman–Crippen LogP) is 4.55. The zero-order valence-corrected chi connectivity index (χ0v) is 13.4. The van der Waals surface area contributed by atoms with Gasteiger partial charge in [0.15, 0.2) is 5.78 Å². The Morgan fingerprint density at radius 1 is 0.952 bits per heavy atom. The van der Waals surface area contributed by atoms with Crippen molar-refractivity contribution in [2.75, 3.05) is 6.61 Å². The summed E-state index contributed by atoms with van der Waals surface area (Å²) in [7, 11) is 0. The Kier molecular flexibility index (Phi) is 4.46. The quantitative estimate of drug-likeness (QED) is 0.769. The van der Waals surface area contributed by atoms with Crippen molar-refractivity contribution in [1.29, 1.82) is 0 Å². The van der Waals surface area contributed by atoms with E-state index in [0.29, 0.717) is 12.2 Å². The summed E-state index contributed by atoms with van der Waals surface area (Å²) < 4.78 is 5.42. The first-order valence-electron chi connectivity index (χ1n) is 7.30. The van der Waals surface area contributed by atoms with Crippen LogP contribution in [0.3, 0.4) is 0 Å². The number of carbonyl (C=O) groups is 1. The van der Waals surface area contributed by atoms with Gasteiger partial charge in [0, 0.05) is 11.1 Å². The molecule has 0 fully saturated rings. The van der Waals surface area contributed by atoms with Crippen molar-refractivity contribution in [3.8, 4) is 5.75 Å². The van der Waals surface area contributed by atoms with Gasteiger partial charge in [0.2, 0.25) is 0 Å². The number of hydrogen-bond donors (Lipinski definition) is 0. The summed E-state index contributed by atoms with van der Waals surface area (Å²) in [6, 6.07) is 9.52. The molecule has 0 saturated carbocycles. The van der Waals surface area contributed by atoms with Gasteiger partial charge < -0.3 is 4.74 Å². The largest absolute Gasteiger partial charge is 0.494 e. The zero-order valence-electron chi connectivity index (χ0n) is 13.4. The molecular formula is C19H22O2. The van der Waals surface area contributed by atoms with E-state index >= 15 is 0 Å². The van der Waals surface area contributed by atoms with E-state index in [9.17, 15) is 4.79 Å². The van der Waals surface area contributed by atoms with Gasteiger partial charge in [-0.1, -0.05) is 6.07 Å². The van der Waals surface area contributed by atoms with Crippen LogP contribution in [-0.4, -0.2) is 12.4 Å². The highest BCUT2D eigenvalue weighted by Gasteiger charge is 2.17. The van der Waals surface area contributed by atoms with Crippen LogP contribution in [0.4, 0.5) is 0 Å². The summed E-state index contributed by atoms with van der Waals surface area (Å²) in [6.45, 7) is 10.7. The first-order chi connectivity index (χ1) is 9.95. The Morgan fingerprint density at radius 2 is 1.48 bits per heavy atom. The molecule has 0 radical (unpaired) electrons. The summed E-state index contributed by atoms with van der Waals surface area (Å²) in [5.74, 6) is 0.878. The fraction of sp³-hybridized carbons (Fsp3) is 0.316. The molecule has 0 aliphatic carbocycles. The number of ketones is 1. The Balaban J connectivity index is 2.45. The molecule has 2 rings (SSSR count). The van der Waals surface area contributed by atoms with Gasteiger partial charge in [-0.15, -0.1) is 0 Å². The van der Waals surface area contributed by atoms with Crippen LogP contribution in [0.15, 0.2) is 30.3 Å². The third-order valence-corrected chi connectivity index (χ3v) is 4.02. The Hall–Kier alpha value is -2.09. The lowest BCUT2D eigenvalue weighted by atomic mass is 9.89. The number of ether oxygens (including phenoxy) is 1. The smallest absolute Gasteiger partial charge is 0.193 e. The molecular weight excluding hydrogens is 260 g/mol. The second-order valence-corrected chi connectivity index (χ2v) is 5.42. The Bertz CT molecular complexity index is 641. The van der Waals surface area contributed by atoms with Crippen LogP contribution in [0, 0.1) is 27.7 Å². The van der Waals surface area contributed by atoms with E-state index in [0.717, 1.165) is 33.6 Å². The highest BCUT2D eigenvalue weighted by Crippen LogP contribution is 2.25. The highest BCUT2D eigenvalue weighted by molar-refractivity contribution is 6.11. The first-order valence-corrected chi connectivity index (χ1v) is 7.30. The van der Waals surface area contributed by atoms with Crippen LogP contribution < -0.4 is 4.74 Å². The van der Waals surface area contributed by atoms with Gasteiger partial charge in [-0.3, -0.25) is 4.79 Å². The lowest BCUT2D eigenvalue weighted by molar-refractivity contribution is 0.103. The molecule has 0 bridgehead atoms. The molecule has 2 nitrogen and oxygen atoms in total. The standard InChI is InChI=1S/C19H22O2/c1-6-21-17-9-7-16(8-10-17)19(20)18-14(4)12(2)11-13(3)15(18)5/h7-11H,6H2,1-5H3. The van der Waals surface area contributed by atoms with Crippen molar-refractivity contribution in [3.05, 3.63) is 63.7 Å². The third kappa shape index (κ3) is 2.99. The van der Waals surface area contributed by atoms with Gasteiger partial charge in [-0.2, -0.15) is 0 Å².